The third-order valence-corrected chi connectivity index (χ3v) is 1.67. The molecule has 0 saturated heterocycles. The Morgan fingerprint density at radius 1 is 1.20 bits per heavy atom. The molecule has 0 unspecified atom stereocenters. The van der Waals surface area contributed by atoms with E-state index in [-0.39, 0.29) is 0 Å². The second-order valence-electron chi connectivity index (χ2n) is 1.87. The van der Waals surface area contributed by atoms with Crippen LogP contribution in [0.2, 0.25) is 0 Å². The predicted octanol–water partition coefficient (Wildman–Crippen LogP) is 2.98. The Kier molecular flexibility index (Phi) is 2.51. The lowest BCUT2D eigenvalue weighted by molar-refractivity contribution is 0.478. The van der Waals surface area contributed by atoms with Crippen LogP contribution < -0.4 is 0 Å². The van der Waals surface area contributed by atoms with Crippen LogP contribution in [0, 0.1) is 0 Å². The zero-order valence-corrected chi connectivity index (χ0v) is 6.88. The highest BCUT2D eigenvalue weighted by atomic mass is 79.9. The van der Waals surface area contributed by atoms with E-state index in [4.69, 9.17) is 5.11 Å². The molecule has 0 bridgehead atoms. The van der Waals surface area contributed by atoms with Gasteiger partial charge in [-0.05, 0) is 23.8 Å². The molecule has 1 N–H and O–H groups in total. The summed E-state index contributed by atoms with van der Waals surface area (Å²) < 4.78 is 1.04. The van der Waals surface area contributed by atoms with E-state index >= 15 is 0 Å². The van der Waals surface area contributed by atoms with Crippen LogP contribution in [0.25, 0.3) is 6.08 Å². The van der Waals surface area contributed by atoms with Gasteiger partial charge in [-0.25, -0.2) is 0 Å². The molecule has 0 amide bonds. The number of benzene rings is 1. The van der Waals surface area contributed by atoms with Crippen molar-refractivity contribution in [2.75, 3.05) is 0 Å². The third kappa shape index (κ3) is 1.88. The number of aliphatic hydroxyl groups is 1. The molecule has 1 aromatic rings. The van der Waals surface area contributed by atoms with E-state index in [1.807, 2.05) is 24.3 Å². The fourth-order valence-electron chi connectivity index (χ4n) is 0.660. The van der Waals surface area contributed by atoms with Crippen molar-refractivity contribution in [1.29, 1.82) is 0 Å². The molecule has 0 saturated carbocycles. The molecular formula is C8H7BrO. The SMILES string of the molecule is O/C=C/c1ccc(Br)cc1. The molecule has 0 aliphatic rings. The van der Waals surface area contributed by atoms with Crippen LogP contribution in [0.15, 0.2) is 35.0 Å². The summed E-state index contributed by atoms with van der Waals surface area (Å²) in [7, 11) is 0. The van der Waals surface area contributed by atoms with Crippen LogP contribution in [0.4, 0.5) is 0 Å². The first-order valence-electron chi connectivity index (χ1n) is 2.89. The number of hydrogen-bond donors (Lipinski definition) is 1. The van der Waals surface area contributed by atoms with Crippen LogP contribution in [-0.4, -0.2) is 5.11 Å². The fourth-order valence-corrected chi connectivity index (χ4v) is 0.924. The maximum absolute atomic E-state index is 8.40. The minimum atomic E-state index is 0.991. The molecule has 0 fully saturated rings. The van der Waals surface area contributed by atoms with Gasteiger partial charge in [-0.15, -0.1) is 0 Å². The standard InChI is InChI=1S/C8H7BrO/c9-8-3-1-7(2-4-8)5-6-10/h1-6,10H/b6-5+. The number of aliphatic hydroxyl groups excluding tert-OH is 1. The first kappa shape index (κ1) is 7.35. The average molecular weight is 199 g/mol. The Labute approximate surface area is 68.1 Å². The van der Waals surface area contributed by atoms with Crippen molar-refractivity contribution < 1.29 is 5.11 Å². The summed E-state index contributed by atoms with van der Waals surface area (Å²) in [6, 6.07) is 7.68. The van der Waals surface area contributed by atoms with Gasteiger partial charge in [0.25, 0.3) is 0 Å². The minimum Gasteiger partial charge on any atom is -0.516 e. The predicted molar refractivity (Wildman–Crippen MR) is 45.8 cm³/mol. The summed E-state index contributed by atoms with van der Waals surface area (Å²) in [5.74, 6) is 0. The summed E-state index contributed by atoms with van der Waals surface area (Å²) in [6.45, 7) is 0. The molecular weight excluding hydrogens is 192 g/mol. The van der Waals surface area contributed by atoms with Gasteiger partial charge in [-0.2, -0.15) is 0 Å². The molecule has 0 aliphatic heterocycles. The van der Waals surface area contributed by atoms with Crippen molar-refractivity contribution in [3.63, 3.8) is 0 Å². The lowest BCUT2D eigenvalue weighted by Gasteiger charge is -1.90. The molecule has 0 heterocycles. The Balaban J connectivity index is 2.89. The second-order valence-corrected chi connectivity index (χ2v) is 2.78. The van der Waals surface area contributed by atoms with Crippen LogP contribution in [0.3, 0.4) is 0 Å². The van der Waals surface area contributed by atoms with E-state index in [0.29, 0.717) is 0 Å². The molecule has 0 atom stereocenters. The topological polar surface area (TPSA) is 20.2 Å². The summed E-state index contributed by atoms with van der Waals surface area (Å²) in [6.07, 6.45) is 2.66. The molecule has 10 heavy (non-hydrogen) atoms. The van der Waals surface area contributed by atoms with Crippen molar-refractivity contribution >= 4 is 22.0 Å². The largest absolute Gasteiger partial charge is 0.516 e. The van der Waals surface area contributed by atoms with Gasteiger partial charge >= 0.3 is 0 Å². The van der Waals surface area contributed by atoms with Gasteiger partial charge in [0.2, 0.25) is 0 Å². The summed E-state index contributed by atoms with van der Waals surface area (Å²) in [4.78, 5) is 0. The Morgan fingerprint density at radius 2 is 1.80 bits per heavy atom. The van der Waals surface area contributed by atoms with Crippen LogP contribution in [0.1, 0.15) is 5.56 Å². The Morgan fingerprint density at radius 3 is 2.30 bits per heavy atom. The van der Waals surface area contributed by atoms with Gasteiger partial charge in [0.05, 0.1) is 6.26 Å². The van der Waals surface area contributed by atoms with Gasteiger partial charge in [-0.3, -0.25) is 0 Å². The van der Waals surface area contributed by atoms with Gasteiger partial charge < -0.3 is 5.11 Å². The Bertz CT molecular complexity index is 226. The number of rotatable bonds is 1. The van der Waals surface area contributed by atoms with Gasteiger partial charge in [0.1, 0.15) is 0 Å². The molecule has 52 valence electrons. The normalized spacial score (nSPS) is 10.5. The highest BCUT2D eigenvalue weighted by molar-refractivity contribution is 9.10. The smallest absolute Gasteiger partial charge is 0.0797 e. The number of hydrogen-bond acceptors (Lipinski definition) is 1. The van der Waals surface area contributed by atoms with Crippen molar-refractivity contribution in [2.45, 2.75) is 0 Å². The zero-order valence-electron chi connectivity index (χ0n) is 5.29. The molecule has 0 radical (unpaired) electrons. The molecule has 1 aromatic carbocycles. The highest BCUT2D eigenvalue weighted by Crippen LogP contribution is 2.10. The lowest BCUT2D eigenvalue weighted by atomic mass is 10.2. The van der Waals surface area contributed by atoms with Crippen molar-refractivity contribution in [3.05, 3.63) is 40.6 Å². The van der Waals surface area contributed by atoms with E-state index in [0.717, 1.165) is 16.3 Å². The fraction of sp³-hybridized carbons (Fsp3) is 0. The molecule has 0 spiro atoms. The van der Waals surface area contributed by atoms with Gasteiger partial charge in [0.15, 0.2) is 0 Å². The maximum Gasteiger partial charge on any atom is 0.0797 e. The summed E-state index contributed by atoms with van der Waals surface area (Å²) >= 11 is 3.31. The Hall–Kier alpha value is -0.760. The van der Waals surface area contributed by atoms with Crippen molar-refractivity contribution in [2.24, 2.45) is 0 Å². The maximum atomic E-state index is 8.40. The number of halogens is 1. The van der Waals surface area contributed by atoms with Gasteiger partial charge in [-0.1, -0.05) is 28.1 Å². The van der Waals surface area contributed by atoms with E-state index in [2.05, 4.69) is 15.9 Å². The van der Waals surface area contributed by atoms with Crippen LogP contribution in [-0.2, 0) is 0 Å². The van der Waals surface area contributed by atoms with E-state index in [1.54, 1.807) is 6.08 Å². The molecule has 0 aliphatic carbocycles. The highest BCUT2D eigenvalue weighted by Gasteiger charge is 1.85. The van der Waals surface area contributed by atoms with Crippen LogP contribution in [0.5, 0.6) is 0 Å². The summed E-state index contributed by atoms with van der Waals surface area (Å²) in [5, 5.41) is 8.40. The van der Waals surface area contributed by atoms with Crippen molar-refractivity contribution in [1.82, 2.24) is 0 Å². The van der Waals surface area contributed by atoms with Crippen LogP contribution >= 0.6 is 15.9 Å². The third-order valence-electron chi connectivity index (χ3n) is 1.14. The molecule has 1 nitrogen and oxygen atoms in total. The molecule has 2 heteroatoms. The average Bonchev–Trinajstić information content (AvgIpc) is 1.95. The first-order chi connectivity index (χ1) is 4.83. The molecule has 0 aromatic heterocycles. The van der Waals surface area contributed by atoms with Gasteiger partial charge in [0, 0.05) is 4.47 Å². The quantitative estimate of drug-likeness (QED) is 0.689. The summed E-state index contributed by atoms with van der Waals surface area (Å²) in [5.41, 5.74) is 0.991. The van der Waals surface area contributed by atoms with E-state index in [9.17, 15) is 0 Å². The zero-order chi connectivity index (χ0) is 7.40. The monoisotopic (exact) mass is 198 g/mol. The first-order valence-corrected chi connectivity index (χ1v) is 3.68. The molecule has 1 rings (SSSR count). The van der Waals surface area contributed by atoms with Crippen molar-refractivity contribution in [3.8, 4) is 0 Å². The van der Waals surface area contributed by atoms with E-state index < -0.39 is 0 Å². The van der Waals surface area contributed by atoms with E-state index in [1.165, 1.54) is 0 Å². The minimum absolute atomic E-state index is 0.991. The second kappa shape index (κ2) is 3.42. The lowest BCUT2D eigenvalue weighted by Crippen LogP contribution is -1.69.